The van der Waals surface area contributed by atoms with Crippen molar-refractivity contribution in [1.29, 1.82) is 0 Å². The number of sulfone groups is 1. The average molecular weight is 348 g/mol. The summed E-state index contributed by atoms with van der Waals surface area (Å²) in [7, 11) is -3.21. The van der Waals surface area contributed by atoms with Crippen molar-refractivity contribution < 1.29 is 13.2 Å². The third kappa shape index (κ3) is 2.96. The van der Waals surface area contributed by atoms with E-state index in [9.17, 15) is 18.0 Å². The molecule has 1 fully saturated rings. The summed E-state index contributed by atoms with van der Waals surface area (Å²) in [4.78, 5) is 29.5. The smallest absolute Gasteiger partial charge is 0.261 e. The van der Waals surface area contributed by atoms with E-state index >= 15 is 0 Å². The van der Waals surface area contributed by atoms with Gasteiger partial charge < -0.3 is 9.88 Å². The van der Waals surface area contributed by atoms with Gasteiger partial charge in [0.05, 0.1) is 5.25 Å². The third-order valence-electron chi connectivity index (χ3n) is 4.67. The number of benzene rings is 1. The molecular weight excluding hydrogens is 328 g/mol. The van der Waals surface area contributed by atoms with Crippen LogP contribution in [0, 0.1) is 6.92 Å². The Morgan fingerprint density at radius 2 is 2.00 bits per heavy atom. The van der Waals surface area contributed by atoms with E-state index in [-0.39, 0.29) is 12.1 Å². The quantitative estimate of drug-likeness (QED) is 0.891. The molecule has 1 unspecified atom stereocenters. The van der Waals surface area contributed by atoms with Crippen LogP contribution in [-0.2, 0) is 9.84 Å². The molecule has 1 N–H and O–H groups in total. The van der Waals surface area contributed by atoms with E-state index in [2.05, 4.69) is 4.98 Å². The zero-order valence-corrected chi connectivity index (χ0v) is 14.5. The van der Waals surface area contributed by atoms with Crippen LogP contribution >= 0.6 is 0 Å². The Morgan fingerprint density at radius 1 is 1.29 bits per heavy atom. The topological polar surface area (TPSA) is 87.3 Å². The molecule has 0 bridgehead atoms. The highest BCUT2D eigenvalue weighted by molar-refractivity contribution is 7.91. The van der Waals surface area contributed by atoms with Crippen LogP contribution in [0.5, 0.6) is 0 Å². The van der Waals surface area contributed by atoms with Gasteiger partial charge in [-0.3, -0.25) is 9.59 Å². The van der Waals surface area contributed by atoms with Gasteiger partial charge in [-0.1, -0.05) is 18.2 Å². The van der Waals surface area contributed by atoms with Crippen LogP contribution in [0.15, 0.2) is 29.1 Å². The van der Waals surface area contributed by atoms with Gasteiger partial charge in [-0.2, -0.15) is 0 Å². The van der Waals surface area contributed by atoms with Crippen LogP contribution in [0.1, 0.15) is 28.8 Å². The predicted octanol–water partition coefficient (Wildman–Crippen LogP) is 1.49. The number of nitrogens with zero attached hydrogens (tertiary/aromatic N) is 1. The molecule has 2 aromatic rings. The molecule has 1 saturated heterocycles. The number of nitrogens with one attached hydrogen (secondary N) is 1. The summed E-state index contributed by atoms with van der Waals surface area (Å²) in [5.41, 5.74) is 0.977. The molecule has 1 aliphatic heterocycles. The maximum absolute atomic E-state index is 12.9. The van der Waals surface area contributed by atoms with Crippen molar-refractivity contribution in [2.75, 3.05) is 19.3 Å². The summed E-state index contributed by atoms with van der Waals surface area (Å²) >= 11 is 0. The maximum Gasteiger partial charge on any atom is 0.261 e. The van der Waals surface area contributed by atoms with Crippen molar-refractivity contribution in [3.05, 3.63) is 45.7 Å². The minimum atomic E-state index is -3.21. The number of aryl methyl sites for hydroxylation is 1. The van der Waals surface area contributed by atoms with E-state index in [0.29, 0.717) is 30.5 Å². The first-order chi connectivity index (χ1) is 11.3. The fourth-order valence-electron chi connectivity index (χ4n) is 3.30. The minimum absolute atomic E-state index is 0.0999. The summed E-state index contributed by atoms with van der Waals surface area (Å²) in [5.74, 6) is -0.396. The molecule has 3 rings (SSSR count). The molecule has 1 aromatic heterocycles. The Bertz CT molecular complexity index is 962. The Kier molecular flexibility index (Phi) is 4.21. The van der Waals surface area contributed by atoms with E-state index in [1.54, 1.807) is 13.0 Å². The molecule has 1 atom stereocenters. The lowest BCUT2D eigenvalue weighted by Crippen LogP contribution is -2.46. The molecule has 128 valence electrons. The molecule has 1 aromatic carbocycles. The number of pyridine rings is 1. The summed E-state index contributed by atoms with van der Waals surface area (Å²) in [6.07, 6.45) is 2.36. The second-order valence-electron chi connectivity index (χ2n) is 6.34. The van der Waals surface area contributed by atoms with Gasteiger partial charge in [-0.25, -0.2) is 8.42 Å². The fraction of sp³-hybridized carbons (Fsp3) is 0.412. The Balaban J connectivity index is 2.01. The summed E-state index contributed by atoms with van der Waals surface area (Å²) in [6.45, 7) is 2.36. The van der Waals surface area contributed by atoms with E-state index in [0.717, 1.165) is 5.39 Å². The van der Waals surface area contributed by atoms with Crippen LogP contribution in [0.25, 0.3) is 10.9 Å². The number of fused-ring (bicyclic) bond motifs is 1. The highest BCUT2D eigenvalue weighted by Gasteiger charge is 2.32. The number of amides is 1. The largest absolute Gasteiger partial charge is 0.337 e. The number of carbonyl (C=O) groups excluding carboxylic acids is 1. The highest BCUT2D eigenvalue weighted by atomic mass is 32.2. The zero-order valence-electron chi connectivity index (χ0n) is 13.7. The first kappa shape index (κ1) is 16.7. The number of rotatable bonds is 2. The third-order valence-corrected chi connectivity index (χ3v) is 6.26. The SMILES string of the molecule is Cc1c(C(=O)N2CCCC(S(C)(=O)=O)C2)c(=O)[nH]c2ccccc12. The van der Waals surface area contributed by atoms with Gasteiger partial charge >= 0.3 is 0 Å². The van der Waals surface area contributed by atoms with Crippen molar-refractivity contribution in [3.8, 4) is 0 Å². The van der Waals surface area contributed by atoms with Gasteiger partial charge in [0, 0.05) is 30.2 Å². The normalized spacial score (nSPS) is 18.8. The van der Waals surface area contributed by atoms with E-state index in [1.807, 2.05) is 18.2 Å². The fourth-order valence-corrected chi connectivity index (χ4v) is 4.34. The van der Waals surface area contributed by atoms with Crippen molar-refractivity contribution in [3.63, 3.8) is 0 Å². The standard InChI is InChI=1S/C17H20N2O4S/c1-11-13-7-3-4-8-14(13)18-16(20)15(11)17(21)19-9-5-6-12(10-19)24(2,22)23/h3-4,7-8,12H,5-6,9-10H2,1-2H3,(H,18,20). The average Bonchev–Trinajstić information content (AvgIpc) is 2.54. The van der Waals surface area contributed by atoms with Crippen LogP contribution in [-0.4, -0.2) is 48.8 Å². The number of H-pyrrole nitrogens is 1. The molecule has 0 aliphatic carbocycles. The number of hydrogen-bond donors (Lipinski definition) is 1. The molecule has 1 aliphatic rings. The molecule has 6 nitrogen and oxygen atoms in total. The van der Waals surface area contributed by atoms with Gasteiger partial charge in [-0.15, -0.1) is 0 Å². The van der Waals surface area contributed by atoms with Gasteiger partial charge in [-0.05, 0) is 31.4 Å². The predicted molar refractivity (Wildman–Crippen MR) is 93.1 cm³/mol. The van der Waals surface area contributed by atoms with Crippen LogP contribution in [0.2, 0.25) is 0 Å². The number of hydrogen-bond acceptors (Lipinski definition) is 4. The Labute approximate surface area is 140 Å². The molecule has 0 radical (unpaired) electrons. The summed E-state index contributed by atoms with van der Waals surface area (Å²) in [5, 5.41) is 0.257. The van der Waals surface area contributed by atoms with Gasteiger partial charge in [0.1, 0.15) is 5.56 Å². The monoisotopic (exact) mass is 348 g/mol. The number of aromatic nitrogens is 1. The Hall–Kier alpha value is -2.15. The van der Waals surface area contributed by atoms with Gasteiger partial charge in [0.15, 0.2) is 9.84 Å². The van der Waals surface area contributed by atoms with Crippen LogP contribution in [0.4, 0.5) is 0 Å². The molecular formula is C17H20N2O4S. The minimum Gasteiger partial charge on any atom is -0.337 e. The highest BCUT2D eigenvalue weighted by Crippen LogP contribution is 2.21. The van der Waals surface area contributed by atoms with Crippen molar-refractivity contribution in [2.24, 2.45) is 0 Å². The number of carbonyl (C=O) groups is 1. The first-order valence-corrected chi connectivity index (χ1v) is 9.84. The van der Waals surface area contributed by atoms with Crippen LogP contribution < -0.4 is 5.56 Å². The molecule has 7 heteroatoms. The lowest BCUT2D eigenvalue weighted by Gasteiger charge is -2.32. The zero-order chi connectivity index (χ0) is 17.5. The number of likely N-dealkylation sites (tertiary alicyclic amines) is 1. The second kappa shape index (κ2) is 6.05. The van der Waals surface area contributed by atoms with E-state index in [1.165, 1.54) is 11.2 Å². The molecule has 1 amide bonds. The molecule has 2 heterocycles. The van der Waals surface area contributed by atoms with Crippen molar-refractivity contribution in [1.82, 2.24) is 9.88 Å². The lowest BCUT2D eigenvalue weighted by atomic mass is 10.0. The number of aromatic amines is 1. The number of piperidine rings is 1. The van der Waals surface area contributed by atoms with Gasteiger partial charge in [0.2, 0.25) is 0 Å². The van der Waals surface area contributed by atoms with E-state index in [4.69, 9.17) is 0 Å². The summed E-state index contributed by atoms with van der Waals surface area (Å²) < 4.78 is 23.6. The Morgan fingerprint density at radius 3 is 2.71 bits per heavy atom. The van der Waals surface area contributed by atoms with Crippen molar-refractivity contribution in [2.45, 2.75) is 25.0 Å². The maximum atomic E-state index is 12.9. The molecule has 0 spiro atoms. The van der Waals surface area contributed by atoms with Crippen LogP contribution in [0.3, 0.4) is 0 Å². The van der Waals surface area contributed by atoms with E-state index < -0.39 is 26.6 Å². The second-order valence-corrected chi connectivity index (χ2v) is 8.67. The molecule has 24 heavy (non-hydrogen) atoms. The van der Waals surface area contributed by atoms with Crippen molar-refractivity contribution >= 4 is 26.6 Å². The lowest BCUT2D eigenvalue weighted by molar-refractivity contribution is 0.0724. The number of para-hydroxylation sites is 1. The molecule has 0 saturated carbocycles. The first-order valence-electron chi connectivity index (χ1n) is 7.89. The summed E-state index contributed by atoms with van der Waals surface area (Å²) in [6, 6.07) is 7.31. The van der Waals surface area contributed by atoms with Gasteiger partial charge in [0.25, 0.3) is 11.5 Å².